The zero-order valence-electron chi connectivity index (χ0n) is 17.2. The molecule has 2 aromatic rings. The molecular formula is C22H24ClN5O2. The summed E-state index contributed by atoms with van der Waals surface area (Å²) < 4.78 is 0. The number of carbonyl (C=O) groups excluding carboxylic acids is 2. The molecule has 0 saturated heterocycles. The topological polar surface area (TPSA) is 98.2 Å². The number of nitrogens with one attached hydrogen (secondary N) is 1. The molecule has 2 amide bonds. The molecule has 0 fully saturated rings. The summed E-state index contributed by atoms with van der Waals surface area (Å²) in [5, 5.41) is 7.26. The number of benzene rings is 2. The molecule has 0 saturated carbocycles. The van der Waals surface area contributed by atoms with Gasteiger partial charge in [-0.05, 0) is 62.0 Å². The summed E-state index contributed by atoms with van der Waals surface area (Å²) in [6.45, 7) is 5.48. The van der Waals surface area contributed by atoms with Crippen LogP contribution in [0.3, 0.4) is 0 Å². The predicted molar refractivity (Wildman–Crippen MR) is 118 cm³/mol. The van der Waals surface area contributed by atoms with E-state index in [4.69, 9.17) is 17.1 Å². The second kappa shape index (κ2) is 8.78. The third kappa shape index (κ3) is 4.93. The van der Waals surface area contributed by atoms with Gasteiger partial charge < -0.3 is 10.2 Å². The van der Waals surface area contributed by atoms with Gasteiger partial charge >= 0.3 is 0 Å². The Morgan fingerprint density at radius 1 is 1.23 bits per heavy atom. The van der Waals surface area contributed by atoms with Gasteiger partial charge in [0.25, 0.3) is 0 Å². The van der Waals surface area contributed by atoms with E-state index in [0.717, 1.165) is 11.1 Å². The van der Waals surface area contributed by atoms with E-state index in [1.54, 1.807) is 12.1 Å². The summed E-state index contributed by atoms with van der Waals surface area (Å²) in [6.07, 6.45) is 0.304. The number of carbonyl (C=O) groups is 2. The number of anilines is 1. The Balaban J connectivity index is 2.08. The van der Waals surface area contributed by atoms with E-state index in [9.17, 15) is 9.59 Å². The molecule has 3 rings (SSSR count). The Bertz CT molecular complexity index is 993. The van der Waals surface area contributed by atoms with Crippen molar-refractivity contribution in [1.29, 1.82) is 0 Å². The first-order chi connectivity index (χ1) is 14.2. The number of azide groups is 1. The smallest absolute Gasteiger partial charge is 0.240 e. The van der Waals surface area contributed by atoms with Gasteiger partial charge in [-0.1, -0.05) is 47.0 Å². The van der Waals surface area contributed by atoms with E-state index in [2.05, 4.69) is 15.3 Å². The van der Waals surface area contributed by atoms with Crippen LogP contribution in [-0.2, 0) is 9.59 Å². The van der Waals surface area contributed by atoms with Crippen LogP contribution < -0.4 is 10.2 Å². The molecule has 8 heteroatoms. The van der Waals surface area contributed by atoms with Gasteiger partial charge in [-0.2, -0.15) is 0 Å². The number of halogens is 1. The highest BCUT2D eigenvalue weighted by molar-refractivity contribution is 6.30. The van der Waals surface area contributed by atoms with Crippen molar-refractivity contribution in [3.63, 3.8) is 0 Å². The van der Waals surface area contributed by atoms with Crippen LogP contribution in [-0.4, -0.2) is 29.9 Å². The van der Waals surface area contributed by atoms with Crippen LogP contribution in [0.15, 0.2) is 53.6 Å². The third-order valence-electron chi connectivity index (χ3n) is 4.89. The lowest BCUT2D eigenvalue weighted by molar-refractivity contribution is -0.125. The lowest BCUT2D eigenvalue weighted by Crippen LogP contribution is -2.49. The van der Waals surface area contributed by atoms with E-state index in [1.807, 2.05) is 57.2 Å². The molecule has 0 spiro atoms. The molecule has 0 aromatic heterocycles. The van der Waals surface area contributed by atoms with E-state index < -0.39 is 11.6 Å². The van der Waals surface area contributed by atoms with Gasteiger partial charge in [-0.25, -0.2) is 0 Å². The normalized spacial score (nSPS) is 18.8. The number of fused-ring (bicyclic) bond motifs is 1. The van der Waals surface area contributed by atoms with Gasteiger partial charge in [0.2, 0.25) is 11.8 Å². The van der Waals surface area contributed by atoms with Crippen LogP contribution in [0.4, 0.5) is 5.69 Å². The highest BCUT2D eigenvalue weighted by Crippen LogP contribution is 2.40. The molecular weight excluding hydrogens is 402 g/mol. The lowest BCUT2D eigenvalue weighted by Gasteiger charge is -2.27. The maximum absolute atomic E-state index is 13.3. The third-order valence-corrected chi connectivity index (χ3v) is 5.14. The van der Waals surface area contributed by atoms with E-state index in [0.29, 0.717) is 17.1 Å². The molecule has 7 nitrogen and oxygen atoms in total. The molecule has 2 aromatic carbocycles. The minimum absolute atomic E-state index is 0.155. The predicted octanol–water partition coefficient (Wildman–Crippen LogP) is 4.80. The van der Waals surface area contributed by atoms with Crippen LogP contribution in [0.1, 0.15) is 44.2 Å². The molecule has 156 valence electrons. The summed E-state index contributed by atoms with van der Waals surface area (Å²) >= 11 is 6.04. The number of para-hydroxylation sites is 1. The van der Waals surface area contributed by atoms with Crippen molar-refractivity contribution in [1.82, 2.24) is 5.32 Å². The number of rotatable bonds is 4. The average Bonchev–Trinajstić information content (AvgIpc) is 2.78. The second-order valence-corrected chi connectivity index (χ2v) is 8.78. The van der Waals surface area contributed by atoms with Crippen LogP contribution in [0.25, 0.3) is 10.4 Å². The van der Waals surface area contributed by atoms with Crippen LogP contribution in [0.5, 0.6) is 0 Å². The standard InChI is InChI=1S/C22H24ClN5O2/c1-22(2,3)25-20(29)13-28-19-7-5-4-6-16(19)17(12-18(21(28)30)26-27-24)14-8-10-15(23)11-9-14/h4-11,17-18H,12-13H2,1-3H3,(H,25,29). The molecule has 0 bridgehead atoms. The first-order valence-corrected chi connectivity index (χ1v) is 10.1. The summed E-state index contributed by atoms with van der Waals surface area (Å²) in [5.74, 6) is -0.857. The Morgan fingerprint density at radius 3 is 2.53 bits per heavy atom. The van der Waals surface area contributed by atoms with Gasteiger partial charge in [-0.15, -0.1) is 0 Å². The van der Waals surface area contributed by atoms with Crippen LogP contribution in [0.2, 0.25) is 5.02 Å². The van der Waals surface area contributed by atoms with Crippen molar-refractivity contribution in [3.05, 3.63) is 75.1 Å². The Kier molecular flexibility index (Phi) is 6.34. The summed E-state index contributed by atoms with van der Waals surface area (Å²) in [6, 6.07) is 14.0. The van der Waals surface area contributed by atoms with Gasteiger partial charge in [0.1, 0.15) is 12.6 Å². The van der Waals surface area contributed by atoms with Crippen molar-refractivity contribution in [2.45, 2.75) is 44.7 Å². The largest absolute Gasteiger partial charge is 0.350 e. The van der Waals surface area contributed by atoms with Gasteiger partial charge in [0, 0.05) is 27.1 Å². The van der Waals surface area contributed by atoms with E-state index in [-0.39, 0.29) is 24.3 Å². The lowest BCUT2D eigenvalue weighted by atomic mass is 9.86. The number of amides is 2. The van der Waals surface area contributed by atoms with Crippen molar-refractivity contribution >= 4 is 29.1 Å². The molecule has 2 unspecified atom stereocenters. The van der Waals surface area contributed by atoms with Crippen molar-refractivity contribution < 1.29 is 9.59 Å². The average molecular weight is 426 g/mol. The minimum Gasteiger partial charge on any atom is -0.350 e. The van der Waals surface area contributed by atoms with Crippen LogP contribution in [0, 0.1) is 0 Å². The summed E-state index contributed by atoms with van der Waals surface area (Å²) in [7, 11) is 0. The Morgan fingerprint density at radius 2 is 1.90 bits per heavy atom. The van der Waals surface area contributed by atoms with Crippen molar-refractivity contribution in [2.24, 2.45) is 5.11 Å². The fraction of sp³-hybridized carbons (Fsp3) is 0.364. The fourth-order valence-electron chi connectivity index (χ4n) is 3.71. The quantitative estimate of drug-likeness (QED) is 0.432. The Labute approximate surface area is 180 Å². The zero-order valence-corrected chi connectivity index (χ0v) is 17.9. The zero-order chi connectivity index (χ0) is 21.9. The van der Waals surface area contributed by atoms with Crippen LogP contribution >= 0.6 is 11.6 Å². The SMILES string of the molecule is CC(C)(C)NC(=O)CN1C(=O)C(N=[N+]=[N-])CC(c2ccc(Cl)cc2)c2ccccc21. The Hall–Kier alpha value is -3.02. The van der Waals surface area contributed by atoms with Crippen molar-refractivity contribution in [2.75, 3.05) is 11.4 Å². The second-order valence-electron chi connectivity index (χ2n) is 8.34. The van der Waals surface area contributed by atoms with E-state index in [1.165, 1.54) is 4.90 Å². The molecule has 1 aliphatic heterocycles. The first-order valence-electron chi connectivity index (χ1n) is 9.70. The maximum Gasteiger partial charge on any atom is 0.240 e. The highest BCUT2D eigenvalue weighted by atomic mass is 35.5. The van der Waals surface area contributed by atoms with Crippen molar-refractivity contribution in [3.8, 4) is 0 Å². The minimum atomic E-state index is -0.925. The molecule has 2 atom stereocenters. The number of nitrogens with zero attached hydrogens (tertiary/aromatic N) is 4. The fourth-order valence-corrected chi connectivity index (χ4v) is 3.84. The highest BCUT2D eigenvalue weighted by Gasteiger charge is 2.36. The summed E-state index contributed by atoms with van der Waals surface area (Å²) in [4.78, 5) is 30.2. The number of hydrogen-bond acceptors (Lipinski definition) is 3. The van der Waals surface area contributed by atoms with E-state index >= 15 is 0 Å². The van der Waals surface area contributed by atoms with Gasteiger partial charge in [0.05, 0.1) is 0 Å². The maximum atomic E-state index is 13.3. The van der Waals surface area contributed by atoms with Gasteiger partial charge in [-0.3, -0.25) is 9.59 Å². The number of hydrogen-bond donors (Lipinski definition) is 1. The molecule has 1 heterocycles. The molecule has 1 aliphatic rings. The summed E-state index contributed by atoms with van der Waals surface area (Å²) in [5.41, 5.74) is 11.1. The molecule has 0 radical (unpaired) electrons. The van der Waals surface area contributed by atoms with Gasteiger partial charge in [0.15, 0.2) is 0 Å². The first kappa shape index (κ1) is 21.7. The molecule has 30 heavy (non-hydrogen) atoms. The monoisotopic (exact) mass is 425 g/mol. The molecule has 0 aliphatic carbocycles. The molecule has 1 N–H and O–H groups in total.